The lowest BCUT2D eigenvalue weighted by Crippen LogP contribution is -2.55. The molecule has 0 aromatic heterocycles. The second-order valence-electron chi connectivity index (χ2n) is 11.8. The fourth-order valence-corrected chi connectivity index (χ4v) is 7.59. The average Bonchev–Trinajstić information content (AvgIpc) is 3.10. The predicted octanol–water partition coefficient (Wildman–Crippen LogP) is 6.64. The number of nitro groups is 1. The van der Waals surface area contributed by atoms with Gasteiger partial charge in [-0.25, -0.2) is 8.42 Å². The van der Waals surface area contributed by atoms with Gasteiger partial charge in [0.2, 0.25) is 11.8 Å². The van der Waals surface area contributed by atoms with Crippen LogP contribution in [0.25, 0.3) is 0 Å². The first-order chi connectivity index (χ1) is 23.1. The molecule has 1 aliphatic rings. The lowest BCUT2D eigenvalue weighted by Gasteiger charge is -2.35. The monoisotopic (exact) mass is 732 g/mol. The van der Waals surface area contributed by atoms with Crippen LogP contribution in [0.5, 0.6) is 0 Å². The summed E-state index contributed by atoms with van der Waals surface area (Å²) in [4.78, 5) is 41.2. The number of sulfonamides is 1. The minimum Gasteiger partial charge on any atom is -0.352 e. The fourth-order valence-electron chi connectivity index (χ4n) is 5.89. The summed E-state index contributed by atoms with van der Waals surface area (Å²) < 4.78 is 30.0. The Morgan fingerprint density at radius 1 is 0.854 bits per heavy atom. The van der Waals surface area contributed by atoms with E-state index in [9.17, 15) is 28.1 Å². The molecule has 5 rings (SSSR count). The molecule has 250 valence electrons. The number of nitrogens with one attached hydrogen (secondary N) is 1. The maximum atomic E-state index is 14.6. The van der Waals surface area contributed by atoms with Gasteiger partial charge in [-0.2, -0.15) is 0 Å². The first kappa shape index (κ1) is 34.8. The molecule has 1 fully saturated rings. The molecule has 0 unspecified atom stereocenters. The SMILES string of the molecule is O=C(NC1CCCCC1)[C@H](Cc1ccccc1)N(Cc1ccc(Br)cc1)C(=O)CN(c1cccc([N+](=O)[O-])c1)S(=O)(=O)c1ccccc1. The number of anilines is 1. The van der Waals surface area contributed by atoms with Gasteiger partial charge in [-0.3, -0.25) is 24.0 Å². The standard InChI is InChI=1S/C36H37BrN4O6S/c37-29-21-19-28(20-22-29)25-39(34(23-27-11-4-1-5-12-27)36(43)38-30-13-6-2-7-14-30)35(42)26-40(31-15-10-16-32(24-31)41(44)45)48(46,47)33-17-8-3-9-18-33/h1,3-5,8-12,15-22,24,30,34H,2,6-7,13-14,23,25-26H2,(H,38,43)/t34-/m0/s1. The van der Waals surface area contributed by atoms with E-state index in [1.807, 2.05) is 54.6 Å². The summed E-state index contributed by atoms with van der Waals surface area (Å²) in [6.07, 6.45) is 5.01. The van der Waals surface area contributed by atoms with Gasteiger partial charge in [0, 0.05) is 35.6 Å². The Morgan fingerprint density at radius 3 is 2.15 bits per heavy atom. The molecule has 0 radical (unpaired) electrons. The van der Waals surface area contributed by atoms with Crippen LogP contribution in [-0.2, 0) is 32.6 Å². The van der Waals surface area contributed by atoms with E-state index in [1.54, 1.807) is 18.2 Å². The molecule has 10 nitrogen and oxygen atoms in total. The summed E-state index contributed by atoms with van der Waals surface area (Å²) in [5, 5.41) is 14.9. The molecule has 0 aliphatic heterocycles. The summed E-state index contributed by atoms with van der Waals surface area (Å²) in [5.74, 6) is -0.951. The quantitative estimate of drug-likeness (QED) is 0.121. The largest absolute Gasteiger partial charge is 0.352 e. The number of hydrogen-bond acceptors (Lipinski definition) is 6. The fraction of sp³-hybridized carbons (Fsp3) is 0.278. The van der Waals surface area contributed by atoms with Crippen molar-refractivity contribution in [2.75, 3.05) is 10.8 Å². The van der Waals surface area contributed by atoms with Crippen LogP contribution in [0.1, 0.15) is 43.2 Å². The van der Waals surface area contributed by atoms with Crippen LogP contribution in [0.15, 0.2) is 119 Å². The second kappa shape index (κ2) is 16.0. The minimum absolute atomic E-state index is 0.0195. The summed E-state index contributed by atoms with van der Waals surface area (Å²) in [6.45, 7) is -0.674. The number of hydrogen-bond donors (Lipinski definition) is 1. The van der Waals surface area contributed by atoms with E-state index in [2.05, 4.69) is 21.2 Å². The Balaban J connectivity index is 1.57. The highest BCUT2D eigenvalue weighted by molar-refractivity contribution is 9.10. The van der Waals surface area contributed by atoms with Gasteiger partial charge in [-0.05, 0) is 54.3 Å². The number of carbonyl (C=O) groups is 2. The van der Waals surface area contributed by atoms with Gasteiger partial charge in [-0.15, -0.1) is 0 Å². The molecule has 1 saturated carbocycles. The maximum Gasteiger partial charge on any atom is 0.271 e. The van der Waals surface area contributed by atoms with Gasteiger partial charge in [0.1, 0.15) is 12.6 Å². The highest BCUT2D eigenvalue weighted by atomic mass is 79.9. The number of nitro benzene ring substituents is 1. The Hall–Kier alpha value is -4.55. The number of nitrogens with zero attached hydrogens (tertiary/aromatic N) is 3. The van der Waals surface area contributed by atoms with Crippen LogP contribution >= 0.6 is 15.9 Å². The van der Waals surface area contributed by atoms with Crippen LogP contribution in [-0.4, -0.2) is 48.7 Å². The Kier molecular flexibility index (Phi) is 11.6. The van der Waals surface area contributed by atoms with Crippen LogP contribution in [0.3, 0.4) is 0 Å². The normalized spacial score (nSPS) is 14.1. The molecule has 1 atom stereocenters. The van der Waals surface area contributed by atoms with Crippen LogP contribution < -0.4 is 9.62 Å². The summed E-state index contributed by atoms with van der Waals surface area (Å²) >= 11 is 3.44. The van der Waals surface area contributed by atoms with Crippen molar-refractivity contribution in [2.45, 2.75) is 62.0 Å². The van der Waals surface area contributed by atoms with Crippen LogP contribution in [0.2, 0.25) is 0 Å². The predicted molar refractivity (Wildman–Crippen MR) is 188 cm³/mol. The van der Waals surface area contributed by atoms with E-state index < -0.39 is 33.4 Å². The molecular formula is C36H37BrN4O6S. The van der Waals surface area contributed by atoms with Gasteiger partial charge in [0.15, 0.2) is 0 Å². The minimum atomic E-state index is -4.37. The number of amides is 2. The number of halogens is 1. The van der Waals surface area contributed by atoms with E-state index in [0.717, 1.165) is 58.1 Å². The molecule has 2 amide bonds. The Labute approximate surface area is 289 Å². The topological polar surface area (TPSA) is 130 Å². The third-order valence-electron chi connectivity index (χ3n) is 8.43. The van der Waals surface area contributed by atoms with Crippen molar-refractivity contribution in [3.63, 3.8) is 0 Å². The van der Waals surface area contributed by atoms with Gasteiger partial charge >= 0.3 is 0 Å². The third-order valence-corrected chi connectivity index (χ3v) is 10.7. The lowest BCUT2D eigenvalue weighted by molar-refractivity contribution is -0.384. The number of benzene rings is 4. The van der Waals surface area contributed by atoms with Crippen molar-refractivity contribution in [3.05, 3.63) is 135 Å². The smallest absolute Gasteiger partial charge is 0.271 e. The van der Waals surface area contributed by atoms with Crippen molar-refractivity contribution in [1.29, 1.82) is 0 Å². The highest BCUT2D eigenvalue weighted by Crippen LogP contribution is 2.28. The molecule has 4 aromatic carbocycles. The van der Waals surface area contributed by atoms with Crippen molar-refractivity contribution in [2.24, 2.45) is 0 Å². The Morgan fingerprint density at radius 2 is 1.50 bits per heavy atom. The molecule has 0 saturated heterocycles. The van der Waals surface area contributed by atoms with Crippen LogP contribution in [0, 0.1) is 10.1 Å². The molecule has 12 heteroatoms. The van der Waals surface area contributed by atoms with Gasteiger partial charge < -0.3 is 10.2 Å². The van der Waals surface area contributed by atoms with E-state index in [4.69, 9.17) is 0 Å². The van der Waals surface area contributed by atoms with Gasteiger partial charge in [-0.1, -0.05) is 102 Å². The zero-order valence-corrected chi connectivity index (χ0v) is 28.7. The average molecular weight is 734 g/mol. The first-order valence-electron chi connectivity index (χ1n) is 15.8. The van der Waals surface area contributed by atoms with Crippen molar-refractivity contribution < 1.29 is 22.9 Å². The molecule has 1 aliphatic carbocycles. The van der Waals surface area contributed by atoms with E-state index in [1.165, 1.54) is 35.2 Å². The van der Waals surface area contributed by atoms with Gasteiger partial charge in [0.05, 0.1) is 15.5 Å². The van der Waals surface area contributed by atoms with Gasteiger partial charge in [0.25, 0.3) is 15.7 Å². The molecule has 0 spiro atoms. The molecule has 4 aromatic rings. The summed E-state index contributed by atoms with van der Waals surface area (Å²) in [5.41, 5.74) is 1.20. The van der Waals surface area contributed by atoms with E-state index in [0.29, 0.717) is 0 Å². The molecule has 1 N–H and O–H groups in total. The summed E-state index contributed by atoms with van der Waals surface area (Å²) in [7, 11) is -4.37. The number of non-ortho nitro benzene ring substituents is 1. The van der Waals surface area contributed by atoms with E-state index in [-0.39, 0.29) is 41.2 Å². The van der Waals surface area contributed by atoms with Crippen molar-refractivity contribution in [3.8, 4) is 0 Å². The zero-order chi connectivity index (χ0) is 34.1. The summed E-state index contributed by atoms with van der Waals surface area (Å²) in [6, 6.07) is 28.5. The maximum absolute atomic E-state index is 14.6. The van der Waals surface area contributed by atoms with Crippen molar-refractivity contribution >= 4 is 49.1 Å². The number of carbonyl (C=O) groups excluding carboxylic acids is 2. The van der Waals surface area contributed by atoms with Crippen LogP contribution in [0.4, 0.5) is 11.4 Å². The second-order valence-corrected chi connectivity index (χ2v) is 14.6. The number of rotatable bonds is 13. The first-order valence-corrected chi connectivity index (χ1v) is 18.1. The molecule has 48 heavy (non-hydrogen) atoms. The highest BCUT2D eigenvalue weighted by Gasteiger charge is 2.35. The molecular weight excluding hydrogens is 696 g/mol. The van der Waals surface area contributed by atoms with E-state index >= 15 is 0 Å². The molecule has 0 heterocycles. The van der Waals surface area contributed by atoms with Crippen molar-refractivity contribution in [1.82, 2.24) is 10.2 Å². The third kappa shape index (κ3) is 8.87. The zero-order valence-electron chi connectivity index (χ0n) is 26.3. The Bertz CT molecular complexity index is 1820. The molecule has 0 bridgehead atoms. The lowest BCUT2D eigenvalue weighted by atomic mass is 9.94.